The van der Waals surface area contributed by atoms with Crippen molar-refractivity contribution in [1.82, 2.24) is 9.21 Å². The molecule has 0 saturated carbocycles. The lowest BCUT2D eigenvalue weighted by Crippen LogP contribution is -2.44. The van der Waals surface area contributed by atoms with Gasteiger partial charge >= 0.3 is 6.09 Å². The van der Waals surface area contributed by atoms with Crippen molar-refractivity contribution in [3.8, 4) is 0 Å². The van der Waals surface area contributed by atoms with Crippen LogP contribution in [0.15, 0.2) is 22.7 Å². The fraction of sp³-hybridized carbons (Fsp3) is 0.417. The van der Waals surface area contributed by atoms with Crippen LogP contribution in [0, 0.1) is 0 Å². The van der Waals surface area contributed by atoms with Crippen molar-refractivity contribution in [3.05, 3.63) is 28.2 Å². The molecule has 9 heteroatoms. The molecule has 21 heavy (non-hydrogen) atoms. The number of likely N-dealkylation sites (tertiary alicyclic amines) is 1. The van der Waals surface area contributed by atoms with Gasteiger partial charge in [-0.15, -0.1) is 0 Å². The van der Waals surface area contributed by atoms with Gasteiger partial charge in [0, 0.05) is 24.1 Å². The van der Waals surface area contributed by atoms with E-state index in [2.05, 4.69) is 20.7 Å². The summed E-state index contributed by atoms with van der Waals surface area (Å²) >= 11 is 3.35. The van der Waals surface area contributed by atoms with Gasteiger partial charge in [0.15, 0.2) is 0 Å². The van der Waals surface area contributed by atoms with Crippen LogP contribution in [0.5, 0.6) is 0 Å². The number of carbonyl (C=O) groups is 1. The molecule has 1 atom stereocenters. The van der Waals surface area contributed by atoms with Crippen molar-refractivity contribution in [2.75, 3.05) is 17.8 Å². The molecule has 2 aliphatic rings. The number of anilines is 1. The second-order valence-electron chi connectivity index (χ2n) is 5.17. The number of hydrogen-bond acceptors (Lipinski definition) is 5. The van der Waals surface area contributed by atoms with Crippen LogP contribution >= 0.6 is 26.9 Å². The molecule has 1 amide bonds. The molecular weight excluding hydrogens is 362 g/mol. The Morgan fingerprint density at radius 2 is 2.19 bits per heavy atom. The zero-order chi connectivity index (χ0) is 15.2. The predicted molar refractivity (Wildman–Crippen MR) is 84.2 cm³/mol. The summed E-state index contributed by atoms with van der Waals surface area (Å²) in [6.45, 7) is 1.09. The molecule has 2 heterocycles. The van der Waals surface area contributed by atoms with Crippen LogP contribution in [0.2, 0.25) is 0 Å². The number of amides is 1. The number of fused-ring (bicyclic) bond motifs is 1. The Bertz CT molecular complexity index is 586. The summed E-state index contributed by atoms with van der Waals surface area (Å²) in [4.78, 5) is 12.3. The molecular formula is C12H16BrN3O4S. The summed E-state index contributed by atoms with van der Waals surface area (Å²) in [6.07, 6.45) is -0.376. The molecule has 1 saturated heterocycles. The summed E-state index contributed by atoms with van der Waals surface area (Å²) in [5, 5.41) is 9.02. The second-order valence-corrected chi connectivity index (χ2v) is 7.80. The molecule has 0 spiro atoms. The van der Waals surface area contributed by atoms with E-state index in [4.69, 9.17) is 5.11 Å². The highest BCUT2D eigenvalue weighted by Gasteiger charge is 2.39. The average molecular weight is 378 g/mol. The monoisotopic (exact) mass is 377 g/mol. The van der Waals surface area contributed by atoms with Crippen molar-refractivity contribution in [3.63, 3.8) is 0 Å². The lowest BCUT2D eigenvalue weighted by Gasteiger charge is -2.49. The SMILES string of the molecule is O=C(O)N1CCC(N2Cc3ccc(Br)cc3NS2(O)O)C1. The summed E-state index contributed by atoms with van der Waals surface area (Å²) in [7, 11) is -3.14. The van der Waals surface area contributed by atoms with E-state index < -0.39 is 17.1 Å². The van der Waals surface area contributed by atoms with Crippen molar-refractivity contribution in [2.24, 2.45) is 0 Å². The molecule has 0 radical (unpaired) electrons. The molecule has 1 unspecified atom stereocenters. The van der Waals surface area contributed by atoms with Crippen LogP contribution in [-0.4, -0.2) is 48.6 Å². The first-order valence-electron chi connectivity index (χ1n) is 6.46. The van der Waals surface area contributed by atoms with Gasteiger partial charge in [0.2, 0.25) is 0 Å². The van der Waals surface area contributed by atoms with E-state index >= 15 is 0 Å². The quantitative estimate of drug-likeness (QED) is 0.600. The van der Waals surface area contributed by atoms with Gasteiger partial charge in [0.05, 0.1) is 11.7 Å². The lowest BCUT2D eigenvalue weighted by molar-refractivity contribution is 0.152. The first-order valence-corrected chi connectivity index (χ1v) is 8.75. The Hall–Kier alpha value is -1.00. The van der Waals surface area contributed by atoms with E-state index in [1.165, 1.54) is 4.90 Å². The van der Waals surface area contributed by atoms with E-state index in [0.717, 1.165) is 10.0 Å². The topological polar surface area (TPSA) is 96.3 Å². The maximum Gasteiger partial charge on any atom is 0.407 e. The van der Waals surface area contributed by atoms with Crippen LogP contribution in [0.25, 0.3) is 0 Å². The minimum absolute atomic E-state index is 0.199. The van der Waals surface area contributed by atoms with Crippen LogP contribution in [0.4, 0.5) is 10.5 Å². The highest BCUT2D eigenvalue weighted by molar-refractivity contribution is 9.10. The maximum atomic E-state index is 11.0. The highest BCUT2D eigenvalue weighted by Crippen LogP contribution is 2.51. The third-order valence-electron chi connectivity index (χ3n) is 3.81. The third kappa shape index (κ3) is 2.84. The molecule has 0 aromatic heterocycles. The summed E-state index contributed by atoms with van der Waals surface area (Å²) in [5.74, 6) is 0. The molecule has 1 aromatic carbocycles. The Morgan fingerprint density at radius 3 is 2.86 bits per heavy atom. The molecule has 7 nitrogen and oxygen atoms in total. The molecule has 4 N–H and O–H groups in total. The normalized spacial score (nSPS) is 26.0. The third-order valence-corrected chi connectivity index (χ3v) is 5.88. The molecule has 1 fully saturated rings. The van der Waals surface area contributed by atoms with Crippen molar-refractivity contribution in [2.45, 2.75) is 19.0 Å². The van der Waals surface area contributed by atoms with Gasteiger partial charge in [0.1, 0.15) is 0 Å². The number of carboxylic acid groups (broad SMARTS) is 1. The Labute approximate surface area is 132 Å². The zero-order valence-corrected chi connectivity index (χ0v) is 13.5. The van der Waals surface area contributed by atoms with Crippen LogP contribution in [-0.2, 0) is 6.54 Å². The molecule has 116 valence electrons. The first kappa shape index (κ1) is 14.9. The highest BCUT2D eigenvalue weighted by atomic mass is 79.9. The van der Waals surface area contributed by atoms with Crippen molar-refractivity contribution < 1.29 is 19.0 Å². The fourth-order valence-electron chi connectivity index (χ4n) is 2.73. The number of rotatable bonds is 1. The van der Waals surface area contributed by atoms with Gasteiger partial charge in [-0.05, 0) is 24.1 Å². The number of nitrogens with one attached hydrogen (secondary N) is 1. The zero-order valence-electron chi connectivity index (χ0n) is 11.1. The fourth-order valence-corrected chi connectivity index (χ4v) is 4.60. The van der Waals surface area contributed by atoms with Gasteiger partial charge in [0.25, 0.3) is 0 Å². The number of hydrogen-bond donors (Lipinski definition) is 4. The smallest absolute Gasteiger partial charge is 0.407 e. The average Bonchev–Trinajstić information content (AvgIpc) is 2.86. The van der Waals surface area contributed by atoms with E-state index in [9.17, 15) is 13.9 Å². The van der Waals surface area contributed by atoms with E-state index in [0.29, 0.717) is 31.7 Å². The minimum Gasteiger partial charge on any atom is -0.465 e. The van der Waals surface area contributed by atoms with Crippen LogP contribution in [0.3, 0.4) is 0 Å². The maximum absolute atomic E-state index is 11.0. The van der Waals surface area contributed by atoms with Gasteiger partial charge in [-0.25, -0.2) is 4.79 Å². The van der Waals surface area contributed by atoms with Gasteiger partial charge in [-0.1, -0.05) is 33.0 Å². The minimum atomic E-state index is -3.14. The van der Waals surface area contributed by atoms with Crippen LogP contribution < -0.4 is 4.72 Å². The van der Waals surface area contributed by atoms with Gasteiger partial charge in [-0.3, -0.25) is 13.8 Å². The molecule has 2 aliphatic heterocycles. The van der Waals surface area contributed by atoms with Crippen LogP contribution in [0.1, 0.15) is 12.0 Å². The number of halogens is 1. The summed E-state index contributed by atoms with van der Waals surface area (Å²) in [6, 6.07) is 5.42. The number of benzene rings is 1. The molecule has 0 aliphatic carbocycles. The molecule has 3 rings (SSSR count). The van der Waals surface area contributed by atoms with Gasteiger partial charge < -0.3 is 10.0 Å². The van der Waals surface area contributed by atoms with E-state index in [1.54, 1.807) is 10.4 Å². The van der Waals surface area contributed by atoms with Crippen molar-refractivity contribution >= 4 is 38.7 Å². The molecule has 1 aromatic rings. The van der Waals surface area contributed by atoms with Crippen molar-refractivity contribution in [1.29, 1.82) is 0 Å². The second kappa shape index (κ2) is 5.33. The Balaban J connectivity index is 1.83. The molecule has 0 bridgehead atoms. The number of nitrogens with zero attached hydrogens (tertiary/aromatic N) is 2. The summed E-state index contributed by atoms with van der Waals surface area (Å²) < 4.78 is 25.9. The Morgan fingerprint density at radius 1 is 1.43 bits per heavy atom. The first-order chi connectivity index (χ1) is 9.87. The van der Waals surface area contributed by atoms with E-state index in [-0.39, 0.29) is 6.04 Å². The Kier molecular flexibility index (Phi) is 3.78. The lowest BCUT2D eigenvalue weighted by atomic mass is 10.1. The summed E-state index contributed by atoms with van der Waals surface area (Å²) in [5.41, 5.74) is 1.65. The largest absolute Gasteiger partial charge is 0.465 e. The predicted octanol–water partition coefficient (Wildman–Crippen LogP) is 3.01. The van der Waals surface area contributed by atoms with Gasteiger partial charge in [-0.2, -0.15) is 4.31 Å². The standard InChI is InChI=1S/C12H16BrN3O4S/c13-9-2-1-8-6-16(21(19,20)14-11(8)5-9)10-3-4-15(7-10)12(17)18/h1-2,5,10,14,19-20H,3-4,6-7H2,(H,17,18). The van der Waals surface area contributed by atoms with E-state index in [1.807, 2.05) is 12.1 Å².